The lowest BCUT2D eigenvalue weighted by Crippen LogP contribution is -2.33. The highest BCUT2D eigenvalue weighted by Gasteiger charge is 2.26. The van der Waals surface area contributed by atoms with Crippen molar-refractivity contribution in [1.29, 1.82) is 0 Å². The Morgan fingerprint density at radius 2 is 1.83 bits per heavy atom. The largest absolute Gasteiger partial charge is 0.234 e. The van der Waals surface area contributed by atoms with Crippen LogP contribution in [0.15, 0.2) is 43.0 Å². The van der Waals surface area contributed by atoms with E-state index in [1.807, 2.05) is 12.1 Å². The molecular formula is C9H10Br2Si. The Bertz CT molecular complexity index is 256. The van der Waals surface area contributed by atoms with Crippen molar-refractivity contribution in [3.8, 4) is 0 Å². The van der Waals surface area contributed by atoms with E-state index in [1.165, 1.54) is 5.19 Å². The van der Waals surface area contributed by atoms with Crippen LogP contribution < -0.4 is 5.19 Å². The fourth-order valence-corrected chi connectivity index (χ4v) is 5.22. The molecule has 0 bridgehead atoms. The first-order chi connectivity index (χ1) is 5.67. The van der Waals surface area contributed by atoms with Gasteiger partial charge in [-0.1, -0.05) is 36.4 Å². The zero-order valence-corrected chi connectivity index (χ0v) is 10.8. The molecule has 3 heteroatoms. The van der Waals surface area contributed by atoms with Gasteiger partial charge in [-0.05, 0) is 11.2 Å². The van der Waals surface area contributed by atoms with Gasteiger partial charge in [-0.15, -0.1) is 37.2 Å². The average Bonchev–Trinajstić information content (AvgIpc) is 2.06. The van der Waals surface area contributed by atoms with Gasteiger partial charge in [0, 0.05) is 0 Å². The molecule has 1 aromatic carbocycles. The summed E-state index contributed by atoms with van der Waals surface area (Å²) in [5.74, 6) is 0. The quantitative estimate of drug-likeness (QED) is 0.456. The molecule has 0 aliphatic heterocycles. The normalized spacial score (nSPS) is 11.2. The molecule has 64 valence electrons. The van der Waals surface area contributed by atoms with E-state index in [-0.39, 0.29) is 0 Å². The van der Waals surface area contributed by atoms with Gasteiger partial charge in [0.2, 0.25) is 5.31 Å². The zero-order valence-electron chi connectivity index (χ0n) is 6.63. The zero-order chi connectivity index (χ0) is 9.03. The molecule has 1 aromatic rings. The molecule has 0 saturated heterocycles. The number of halogens is 2. The molecule has 0 aliphatic carbocycles. The van der Waals surface area contributed by atoms with Gasteiger partial charge in [-0.25, -0.2) is 0 Å². The SMILES string of the molecule is C=CC[Si](Br)(Br)c1ccccc1. The Morgan fingerprint density at radius 3 is 2.33 bits per heavy atom. The van der Waals surface area contributed by atoms with Crippen molar-refractivity contribution in [1.82, 2.24) is 0 Å². The minimum atomic E-state index is -1.57. The minimum absolute atomic E-state index is 0.997. The predicted octanol–water partition coefficient (Wildman–Crippen LogP) is 3.31. The van der Waals surface area contributed by atoms with Crippen LogP contribution in [0.4, 0.5) is 0 Å². The first-order valence-electron chi connectivity index (χ1n) is 3.71. The highest BCUT2D eigenvalue weighted by molar-refractivity contribution is 9.51. The molecule has 0 aromatic heterocycles. The lowest BCUT2D eigenvalue weighted by Gasteiger charge is -2.15. The van der Waals surface area contributed by atoms with E-state index in [4.69, 9.17) is 0 Å². The summed E-state index contributed by atoms with van der Waals surface area (Å²) in [7, 11) is 0. The first-order valence-corrected chi connectivity index (χ1v) is 10.4. The molecule has 0 nitrogen and oxygen atoms in total. The molecule has 0 unspecified atom stereocenters. The Hall–Kier alpha value is 0.137. The minimum Gasteiger partial charge on any atom is -0.105 e. The summed E-state index contributed by atoms with van der Waals surface area (Å²) >= 11 is 7.47. The molecular weight excluding hydrogens is 296 g/mol. The molecule has 0 spiro atoms. The van der Waals surface area contributed by atoms with Crippen molar-refractivity contribution in [3.63, 3.8) is 0 Å². The van der Waals surface area contributed by atoms with Crippen molar-refractivity contribution in [2.24, 2.45) is 0 Å². The lowest BCUT2D eigenvalue weighted by molar-refractivity contribution is 1.68. The third-order valence-corrected chi connectivity index (χ3v) is 8.27. The van der Waals surface area contributed by atoms with Crippen molar-refractivity contribution in [2.45, 2.75) is 6.04 Å². The molecule has 0 radical (unpaired) electrons. The van der Waals surface area contributed by atoms with Gasteiger partial charge in [0.25, 0.3) is 0 Å². The van der Waals surface area contributed by atoms with Gasteiger partial charge >= 0.3 is 0 Å². The second-order valence-electron chi connectivity index (χ2n) is 2.56. The lowest BCUT2D eigenvalue weighted by atomic mass is 10.4. The van der Waals surface area contributed by atoms with Crippen LogP contribution >= 0.6 is 30.6 Å². The second-order valence-corrected chi connectivity index (χ2v) is 16.3. The Kier molecular flexibility index (Phi) is 3.74. The van der Waals surface area contributed by atoms with Gasteiger partial charge in [-0.3, -0.25) is 0 Å². The van der Waals surface area contributed by atoms with E-state index in [1.54, 1.807) is 0 Å². The second kappa shape index (κ2) is 4.39. The molecule has 0 N–H and O–H groups in total. The molecule has 12 heavy (non-hydrogen) atoms. The number of hydrogen-bond donors (Lipinski definition) is 0. The molecule has 1 rings (SSSR count). The monoisotopic (exact) mass is 304 g/mol. The third-order valence-electron chi connectivity index (χ3n) is 1.60. The molecule has 0 atom stereocenters. The number of allylic oxidation sites excluding steroid dienone is 1. The summed E-state index contributed by atoms with van der Waals surface area (Å²) in [5, 5.41) is -0.221. The van der Waals surface area contributed by atoms with Crippen molar-refractivity contribution >= 4 is 41.1 Å². The van der Waals surface area contributed by atoms with Crippen LogP contribution in [-0.2, 0) is 0 Å². The van der Waals surface area contributed by atoms with E-state index in [0.717, 1.165) is 6.04 Å². The Balaban J connectivity index is 2.89. The molecule has 0 aliphatic rings. The van der Waals surface area contributed by atoms with Gasteiger partial charge in [0.05, 0.1) is 0 Å². The van der Waals surface area contributed by atoms with E-state index >= 15 is 0 Å². The summed E-state index contributed by atoms with van der Waals surface area (Å²) in [4.78, 5) is 0. The van der Waals surface area contributed by atoms with E-state index in [9.17, 15) is 0 Å². The molecule has 0 fully saturated rings. The maximum Gasteiger partial charge on any atom is 0.234 e. The smallest absolute Gasteiger partial charge is 0.105 e. The van der Waals surface area contributed by atoms with Crippen LogP contribution in [0.2, 0.25) is 6.04 Å². The van der Waals surface area contributed by atoms with Gasteiger partial charge in [-0.2, -0.15) is 0 Å². The third kappa shape index (κ3) is 2.57. The summed E-state index contributed by atoms with van der Waals surface area (Å²) in [5.41, 5.74) is 0. The molecule has 0 heterocycles. The maximum atomic E-state index is 3.75. The van der Waals surface area contributed by atoms with Crippen LogP contribution in [0.5, 0.6) is 0 Å². The van der Waals surface area contributed by atoms with E-state index < -0.39 is 5.31 Å². The fourth-order valence-electron chi connectivity index (χ4n) is 0.981. The number of benzene rings is 1. The van der Waals surface area contributed by atoms with Gasteiger partial charge in [0.1, 0.15) is 0 Å². The molecule has 0 amide bonds. The fraction of sp³-hybridized carbons (Fsp3) is 0.111. The predicted molar refractivity (Wildman–Crippen MR) is 64.7 cm³/mol. The first kappa shape index (κ1) is 10.2. The summed E-state index contributed by atoms with van der Waals surface area (Å²) < 4.78 is 0. The number of hydrogen-bond acceptors (Lipinski definition) is 0. The van der Waals surface area contributed by atoms with Gasteiger partial charge in [0.15, 0.2) is 0 Å². The Morgan fingerprint density at radius 1 is 1.25 bits per heavy atom. The summed E-state index contributed by atoms with van der Waals surface area (Å²) in [6.07, 6.45) is 1.95. The highest BCUT2D eigenvalue weighted by atomic mass is 79.9. The van der Waals surface area contributed by atoms with E-state index in [2.05, 4.69) is 61.4 Å². The van der Waals surface area contributed by atoms with Crippen molar-refractivity contribution < 1.29 is 0 Å². The average molecular weight is 306 g/mol. The number of rotatable bonds is 3. The van der Waals surface area contributed by atoms with Crippen LogP contribution in [-0.4, -0.2) is 5.31 Å². The van der Waals surface area contributed by atoms with E-state index in [0.29, 0.717) is 0 Å². The summed E-state index contributed by atoms with van der Waals surface area (Å²) in [6, 6.07) is 11.4. The van der Waals surface area contributed by atoms with Crippen molar-refractivity contribution in [3.05, 3.63) is 43.0 Å². The van der Waals surface area contributed by atoms with Crippen molar-refractivity contribution in [2.75, 3.05) is 0 Å². The van der Waals surface area contributed by atoms with Gasteiger partial charge < -0.3 is 0 Å². The molecule has 0 saturated carbocycles. The Labute approximate surface area is 89.9 Å². The maximum absolute atomic E-state index is 3.75. The van der Waals surface area contributed by atoms with Crippen LogP contribution in [0.1, 0.15) is 0 Å². The standard InChI is InChI=1S/C9H10Br2Si/c1-2-8-12(10,11)9-6-4-3-5-7-9/h2-7H,1,8H2. The van der Waals surface area contributed by atoms with Crippen LogP contribution in [0, 0.1) is 0 Å². The highest BCUT2D eigenvalue weighted by Crippen LogP contribution is 2.24. The summed E-state index contributed by atoms with van der Waals surface area (Å²) in [6.45, 7) is 3.75. The van der Waals surface area contributed by atoms with Crippen LogP contribution in [0.3, 0.4) is 0 Å². The van der Waals surface area contributed by atoms with Crippen LogP contribution in [0.25, 0.3) is 0 Å². The topological polar surface area (TPSA) is 0 Å².